The molecule has 14 heavy (non-hydrogen) atoms. The van der Waals surface area contributed by atoms with E-state index >= 15 is 0 Å². The highest BCUT2D eigenvalue weighted by Gasteiger charge is 2.12. The lowest BCUT2D eigenvalue weighted by Gasteiger charge is -2.01. The van der Waals surface area contributed by atoms with E-state index in [-0.39, 0.29) is 5.69 Å². The fourth-order valence-corrected chi connectivity index (χ4v) is 1.61. The average Bonchev–Trinajstić information content (AvgIpc) is 2.51. The molecule has 0 saturated carbocycles. The highest BCUT2D eigenvalue weighted by molar-refractivity contribution is 6.35. The molecule has 0 saturated heterocycles. The van der Waals surface area contributed by atoms with Crippen LogP contribution in [-0.4, -0.2) is 16.5 Å². The second kappa shape index (κ2) is 2.99. The number of nitrogens with one attached hydrogen (secondary N) is 1. The molecule has 0 aliphatic rings. The van der Waals surface area contributed by atoms with Crippen molar-refractivity contribution in [2.45, 2.75) is 6.92 Å². The van der Waals surface area contributed by atoms with Crippen LogP contribution in [0.3, 0.4) is 0 Å². The van der Waals surface area contributed by atoms with Crippen LogP contribution in [0, 0.1) is 6.92 Å². The number of fused-ring (bicyclic) bond motifs is 1. The molecule has 3 N–H and O–H groups in total. The van der Waals surface area contributed by atoms with Crippen LogP contribution in [0.1, 0.15) is 16.1 Å². The van der Waals surface area contributed by atoms with Crippen molar-refractivity contribution in [1.82, 2.24) is 10.2 Å². The summed E-state index contributed by atoms with van der Waals surface area (Å²) in [6, 6.07) is 1.71. The number of carbonyl (C=O) groups is 1. The standard InChI is InChI=1S/C9H8ClN3O/c1-4-5-2-7(10)8(11)6(3-14)9(5)13-12-4/h2-3H,11H2,1H3,(H,12,13). The van der Waals surface area contributed by atoms with E-state index in [1.54, 1.807) is 6.07 Å². The van der Waals surface area contributed by atoms with Crippen LogP contribution in [0.4, 0.5) is 5.69 Å². The predicted octanol–water partition coefficient (Wildman–Crippen LogP) is 1.92. The number of hydrogen-bond donors (Lipinski definition) is 2. The number of carbonyl (C=O) groups excluding carboxylic acids is 1. The van der Waals surface area contributed by atoms with Gasteiger partial charge in [0.15, 0.2) is 6.29 Å². The molecule has 0 aliphatic heterocycles. The third kappa shape index (κ3) is 1.08. The molecule has 0 atom stereocenters. The van der Waals surface area contributed by atoms with E-state index in [0.717, 1.165) is 11.1 Å². The number of nitrogens with zero attached hydrogens (tertiary/aromatic N) is 1. The van der Waals surface area contributed by atoms with Gasteiger partial charge in [0.1, 0.15) is 5.52 Å². The molecule has 2 rings (SSSR count). The van der Waals surface area contributed by atoms with Gasteiger partial charge < -0.3 is 5.73 Å². The summed E-state index contributed by atoms with van der Waals surface area (Å²) >= 11 is 5.87. The number of aromatic amines is 1. The zero-order valence-electron chi connectivity index (χ0n) is 7.47. The van der Waals surface area contributed by atoms with Crippen molar-refractivity contribution < 1.29 is 4.79 Å². The van der Waals surface area contributed by atoms with E-state index in [1.807, 2.05) is 6.92 Å². The first-order valence-corrected chi connectivity index (χ1v) is 4.40. The lowest BCUT2D eigenvalue weighted by molar-refractivity contribution is 0.112. The highest BCUT2D eigenvalue weighted by Crippen LogP contribution is 2.30. The zero-order valence-corrected chi connectivity index (χ0v) is 8.22. The molecule has 1 aromatic heterocycles. The van der Waals surface area contributed by atoms with E-state index in [2.05, 4.69) is 10.2 Å². The van der Waals surface area contributed by atoms with Crippen molar-refractivity contribution in [2.24, 2.45) is 0 Å². The molecule has 1 aromatic carbocycles. The number of aldehydes is 1. The molecular weight excluding hydrogens is 202 g/mol. The molecular formula is C9H8ClN3O. The molecule has 0 unspecified atom stereocenters. The molecule has 1 heterocycles. The number of nitrogen functional groups attached to an aromatic ring is 1. The van der Waals surface area contributed by atoms with Crippen LogP contribution in [-0.2, 0) is 0 Å². The molecule has 0 fully saturated rings. The zero-order chi connectivity index (χ0) is 10.3. The number of halogens is 1. The number of rotatable bonds is 1. The Morgan fingerprint density at radius 2 is 2.36 bits per heavy atom. The summed E-state index contributed by atoms with van der Waals surface area (Å²) < 4.78 is 0. The van der Waals surface area contributed by atoms with Gasteiger partial charge in [-0.05, 0) is 13.0 Å². The van der Waals surface area contributed by atoms with Crippen LogP contribution in [0.5, 0.6) is 0 Å². The third-order valence-electron chi connectivity index (χ3n) is 2.19. The van der Waals surface area contributed by atoms with Crippen molar-refractivity contribution in [3.8, 4) is 0 Å². The van der Waals surface area contributed by atoms with Gasteiger partial charge in [0.2, 0.25) is 0 Å². The third-order valence-corrected chi connectivity index (χ3v) is 2.50. The largest absolute Gasteiger partial charge is 0.397 e. The topological polar surface area (TPSA) is 71.8 Å². The number of nitrogens with two attached hydrogens (primary N) is 1. The Labute approximate surface area is 85.0 Å². The van der Waals surface area contributed by atoms with Crippen molar-refractivity contribution in [3.63, 3.8) is 0 Å². The smallest absolute Gasteiger partial charge is 0.154 e. The fourth-order valence-electron chi connectivity index (χ4n) is 1.40. The van der Waals surface area contributed by atoms with Crippen molar-refractivity contribution in [2.75, 3.05) is 5.73 Å². The van der Waals surface area contributed by atoms with E-state index in [4.69, 9.17) is 17.3 Å². The van der Waals surface area contributed by atoms with Gasteiger partial charge in [-0.15, -0.1) is 0 Å². The Morgan fingerprint density at radius 1 is 1.64 bits per heavy atom. The van der Waals surface area contributed by atoms with Gasteiger partial charge in [-0.2, -0.15) is 5.10 Å². The highest BCUT2D eigenvalue weighted by atomic mass is 35.5. The number of aryl methyl sites for hydroxylation is 1. The molecule has 0 amide bonds. The number of aromatic nitrogens is 2. The molecule has 2 aromatic rings. The first-order chi connectivity index (χ1) is 6.65. The van der Waals surface area contributed by atoms with Gasteiger partial charge >= 0.3 is 0 Å². The summed E-state index contributed by atoms with van der Waals surface area (Å²) in [6.45, 7) is 1.86. The van der Waals surface area contributed by atoms with Crippen molar-refractivity contribution >= 4 is 34.5 Å². The van der Waals surface area contributed by atoms with Crippen LogP contribution in [0.2, 0.25) is 5.02 Å². The van der Waals surface area contributed by atoms with Crippen molar-refractivity contribution in [3.05, 3.63) is 22.3 Å². The van der Waals surface area contributed by atoms with Crippen molar-refractivity contribution in [1.29, 1.82) is 0 Å². The van der Waals surface area contributed by atoms with Gasteiger partial charge in [0, 0.05) is 11.1 Å². The molecule has 0 bridgehead atoms. The molecule has 0 aliphatic carbocycles. The summed E-state index contributed by atoms with van der Waals surface area (Å²) in [5, 5.41) is 7.98. The number of hydrogen-bond acceptors (Lipinski definition) is 3. The van der Waals surface area contributed by atoms with E-state index in [0.29, 0.717) is 22.4 Å². The van der Waals surface area contributed by atoms with Crippen LogP contribution in [0.25, 0.3) is 10.9 Å². The lowest BCUT2D eigenvalue weighted by Crippen LogP contribution is -1.95. The molecule has 72 valence electrons. The van der Waals surface area contributed by atoms with E-state index in [1.165, 1.54) is 0 Å². The Balaban J connectivity index is 2.97. The minimum Gasteiger partial charge on any atom is -0.397 e. The maximum atomic E-state index is 10.8. The second-order valence-electron chi connectivity index (χ2n) is 3.05. The Morgan fingerprint density at radius 3 is 3.00 bits per heavy atom. The summed E-state index contributed by atoms with van der Waals surface area (Å²) in [5.41, 5.74) is 7.71. The molecule has 0 spiro atoms. The summed E-state index contributed by atoms with van der Waals surface area (Å²) in [6.07, 6.45) is 0.670. The van der Waals surface area contributed by atoms with Gasteiger partial charge in [-0.1, -0.05) is 11.6 Å². The molecule has 0 radical (unpaired) electrons. The fraction of sp³-hybridized carbons (Fsp3) is 0.111. The number of H-pyrrole nitrogens is 1. The molecule has 4 nitrogen and oxygen atoms in total. The Bertz CT molecular complexity index is 518. The minimum atomic E-state index is 0.278. The van der Waals surface area contributed by atoms with E-state index < -0.39 is 0 Å². The lowest BCUT2D eigenvalue weighted by atomic mass is 10.1. The maximum Gasteiger partial charge on any atom is 0.154 e. The van der Waals surface area contributed by atoms with E-state index in [9.17, 15) is 4.79 Å². The SMILES string of the molecule is Cc1[nH]nc2c(C=O)c(N)c(Cl)cc12. The summed E-state index contributed by atoms with van der Waals surface area (Å²) in [4.78, 5) is 10.8. The van der Waals surface area contributed by atoms with Gasteiger partial charge in [0.05, 0.1) is 16.3 Å². The van der Waals surface area contributed by atoms with Gasteiger partial charge in [-0.3, -0.25) is 9.89 Å². The van der Waals surface area contributed by atoms with Gasteiger partial charge in [0.25, 0.3) is 0 Å². The minimum absolute atomic E-state index is 0.278. The number of anilines is 1. The Kier molecular flexibility index (Phi) is 1.93. The first kappa shape index (κ1) is 9.02. The van der Waals surface area contributed by atoms with Crippen LogP contribution >= 0.6 is 11.6 Å². The Hall–Kier alpha value is -1.55. The predicted molar refractivity (Wildman–Crippen MR) is 55.6 cm³/mol. The monoisotopic (exact) mass is 209 g/mol. The normalized spacial score (nSPS) is 10.7. The number of benzene rings is 1. The summed E-state index contributed by atoms with van der Waals surface area (Å²) in [7, 11) is 0. The maximum absolute atomic E-state index is 10.8. The average molecular weight is 210 g/mol. The summed E-state index contributed by atoms with van der Waals surface area (Å²) in [5.74, 6) is 0. The van der Waals surface area contributed by atoms with Crippen LogP contribution in [0.15, 0.2) is 6.07 Å². The first-order valence-electron chi connectivity index (χ1n) is 4.03. The quantitative estimate of drug-likeness (QED) is 0.557. The molecule has 5 heteroatoms. The van der Waals surface area contributed by atoms with Crippen LogP contribution < -0.4 is 5.73 Å². The van der Waals surface area contributed by atoms with Gasteiger partial charge in [-0.25, -0.2) is 0 Å². The second-order valence-corrected chi connectivity index (χ2v) is 3.46.